The molecule has 1 heterocycles. The molecule has 28 heavy (non-hydrogen) atoms. The average Bonchev–Trinajstić information content (AvgIpc) is 2.93. The largest absolute Gasteiger partial charge is 0.466 e. The fourth-order valence-corrected chi connectivity index (χ4v) is 3.60. The number of ether oxygens (including phenoxy) is 3. The van der Waals surface area contributed by atoms with Crippen LogP contribution in [0.3, 0.4) is 0 Å². The van der Waals surface area contributed by atoms with Crippen LogP contribution in [-0.2, 0) is 35.0 Å². The third-order valence-corrected chi connectivity index (χ3v) is 5.02. The van der Waals surface area contributed by atoms with Gasteiger partial charge in [-0.3, -0.25) is 9.59 Å². The molecule has 0 unspecified atom stereocenters. The summed E-state index contributed by atoms with van der Waals surface area (Å²) in [5, 5.41) is 0. The zero-order valence-electron chi connectivity index (χ0n) is 16.6. The summed E-state index contributed by atoms with van der Waals surface area (Å²) in [6.07, 6.45) is 1.21. The van der Waals surface area contributed by atoms with E-state index in [0.29, 0.717) is 25.9 Å². The molecule has 1 aliphatic rings. The number of aryl methyl sites for hydroxylation is 1. The minimum atomic E-state index is -1.27. The molecule has 0 radical (unpaired) electrons. The zero-order valence-corrected chi connectivity index (χ0v) is 16.6. The van der Waals surface area contributed by atoms with Gasteiger partial charge in [-0.15, -0.1) is 0 Å². The lowest BCUT2D eigenvalue weighted by molar-refractivity contribution is -0.159. The number of rotatable bonds is 10. The molecular weight excluding hydrogens is 360 g/mol. The van der Waals surface area contributed by atoms with Crippen LogP contribution in [0.25, 0.3) is 0 Å². The van der Waals surface area contributed by atoms with Crippen LogP contribution >= 0.6 is 0 Å². The van der Waals surface area contributed by atoms with Crippen molar-refractivity contribution in [3.8, 4) is 0 Å². The highest BCUT2D eigenvalue weighted by Gasteiger charge is 2.58. The summed E-state index contributed by atoms with van der Waals surface area (Å²) in [5.74, 6) is -1.44. The summed E-state index contributed by atoms with van der Waals surface area (Å²) in [6, 6.07) is 9.77. The Morgan fingerprint density at radius 2 is 1.82 bits per heavy atom. The molecule has 152 valence electrons. The second-order valence-electron chi connectivity index (χ2n) is 6.75. The van der Waals surface area contributed by atoms with Crippen LogP contribution < -0.4 is 0 Å². The molecule has 1 fully saturated rings. The molecule has 0 saturated carbocycles. The predicted octanol–water partition coefficient (Wildman–Crippen LogP) is 3.38. The Morgan fingerprint density at radius 3 is 2.46 bits per heavy atom. The van der Waals surface area contributed by atoms with Crippen molar-refractivity contribution in [2.24, 2.45) is 5.41 Å². The number of esters is 3. The Kier molecular flexibility index (Phi) is 7.79. The average molecular weight is 388 g/mol. The molecule has 2 atom stereocenters. The molecule has 2 rings (SSSR count). The first kappa shape index (κ1) is 21.7. The van der Waals surface area contributed by atoms with Crippen molar-refractivity contribution < 1.29 is 28.6 Å². The van der Waals surface area contributed by atoms with E-state index in [1.54, 1.807) is 13.8 Å². The normalized spacial score (nSPS) is 21.3. The van der Waals surface area contributed by atoms with E-state index in [0.717, 1.165) is 5.56 Å². The topological polar surface area (TPSA) is 78.9 Å². The van der Waals surface area contributed by atoms with Crippen molar-refractivity contribution >= 4 is 17.9 Å². The summed E-state index contributed by atoms with van der Waals surface area (Å²) in [7, 11) is 0. The van der Waals surface area contributed by atoms with E-state index in [1.165, 1.54) is 0 Å². The third-order valence-electron chi connectivity index (χ3n) is 5.02. The first-order valence-corrected chi connectivity index (χ1v) is 9.72. The van der Waals surface area contributed by atoms with Gasteiger partial charge < -0.3 is 14.2 Å². The number of hydrogen-bond acceptors (Lipinski definition) is 6. The molecule has 1 aliphatic heterocycles. The van der Waals surface area contributed by atoms with Gasteiger partial charge in [0.05, 0.1) is 18.8 Å². The number of cyclic esters (lactones) is 1. The maximum absolute atomic E-state index is 12.9. The number of carbonyl (C=O) groups is 3. The van der Waals surface area contributed by atoms with E-state index in [-0.39, 0.29) is 31.0 Å². The van der Waals surface area contributed by atoms with E-state index < -0.39 is 23.5 Å². The van der Waals surface area contributed by atoms with Crippen LogP contribution in [0, 0.1) is 5.41 Å². The van der Waals surface area contributed by atoms with Gasteiger partial charge >= 0.3 is 17.9 Å². The summed E-state index contributed by atoms with van der Waals surface area (Å²) in [5.41, 5.74) is -0.0813. The second-order valence-corrected chi connectivity index (χ2v) is 6.75. The van der Waals surface area contributed by atoms with Crippen molar-refractivity contribution in [2.75, 3.05) is 13.2 Å². The Hall–Kier alpha value is -2.63. The summed E-state index contributed by atoms with van der Waals surface area (Å²) < 4.78 is 15.8. The first-order chi connectivity index (χ1) is 13.5. The first-order valence-electron chi connectivity index (χ1n) is 9.72. The van der Waals surface area contributed by atoms with E-state index in [9.17, 15) is 14.4 Å². The van der Waals surface area contributed by atoms with Crippen molar-refractivity contribution in [1.82, 2.24) is 0 Å². The lowest BCUT2D eigenvalue weighted by Gasteiger charge is -2.31. The van der Waals surface area contributed by atoms with Crippen LogP contribution in [-0.4, -0.2) is 37.2 Å². The van der Waals surface area contributed by atoms with Crippen molar-refractivity contribution in [2.45, 2.75) is 52.1 Å². The second kappa shape index (κ2) is 10.1. The van der Waals surface area contributed by atoms with Gasteiger partial charge in [-0.25, -0.2) is 4.79 Å². The third kappa shape index (κ3) is 4.80. The minimum Gasteiger partial charge on any atom is -0.466 e. The highest BCUT2D eigenvalue weighted by atomic mass is 16.6. The molecule has 6 nitrogen and oxygen atoms in total. The van der Waals surface area contributed by atoms with Gasteiger partial charge in [-0.1, -0.05) is 36.9 Å². The number of carbonyl (C=O) groups excluding carboxylic acids is 3. The quantitative estimate of drug-likeness (QED) is 0.347. The van der Waals surface area contributed by atoms with Gasteiger partial charge in [0.2, 0.25) is 0 Å². The maximum atomic E-state index is 12.9. The molecule has 1 saturated heterocycles. The lowest BCUT2D eigenvalue weighted by Crippen LogP contribution is -2.42. The van der Waals surface area contributed by atoms with Crippen molar-refractivity contribution in [3.05, 3.63) is 48.0 Å². The Balaban J connectivity index is 2.20. The van der Waals surface area contributed by atoms with Crippen molar-refractivity contribution in [1.29, 1.82) is 0 Å². The highest BCUT2D eigenvalue weighted by Crippen LogP contribution is 2.46. The van der Waals surface area contributed by atoms with E-state index >= 15 is 0 Å². The zero-order chi connectivity index (χ0) is 20.6. The van der Waals surface area contributed by atoms with Gasteiger partial charge in [0.1, 0.15) is 11.5 Å². The number of hydrogen-bond donors (Lipinski definition) is 0. The number of benzene rings is 1. The molecule has 0 aromatic heterocycles. The smallest absolute Gasteiger partial charge is 0.335 e. The molecule has 0 aliphatic carbocycles. The SMILES string of the molecule is C=C1C(=O)O[C@@H](CCc2ccccc2)[C@]1(CCCC(=O)OCC)C(=O)OCC. The fraction of sp³-hybridized carbons (Fsp3) is 0.500. The van der Waals surface area contributed by atoms with E-state index in [1.807, 2.05) is 30.3 Å². The molecule has 6 heteroatoms. The fourth-order valence-electron chi connectivity index (χ4n) is 3.60. The van der Waals surface area contributed by atoms with Crippen LogP contribution in [0.4, 0.5) is 0 Å². The van der Waals surface area contributed by atoms with Crippen LogP contribution in [0.5, 0.6) is 0 Å². The van der Waals surface area contributed by atoms with Gasteiger partial charge in [0.15, 0.2) is 0 Å². The standard InChI is InChI=1S/C22H28O6/c1-4-26-19(23)12-9-15-22(21(25)27-5-2)16(3)20(24)28-18(22)14-13-17-10-7-6-8-11-17/h6-8,10-11,18H,3-5,9,12-15H2,1-2H3/t18-,22+/m0/s1. The molecule has 1 aromatic rings. The van der Waals surface area contributed by atoms with Gasteiger partial charge in [0.25, 0.3) is 0 Å². The summed E-state index contributed by atoms with van der Waals surface area (Å²) in [4.78, 5) is 36.9. The highest BCUT2D eigenvalue weighted by molar-refractivity contribution is 6.01. The van der Waals surface area contributed by atoms with Crippen LogP contribution in [0.15, 0.2) is 42.5 Å². The Bertz CT molecular complexity index is 711. The molecule has 1 aromatic carbocycles. The lowest BCUT2D eigenvalue weighted by atomic mass is 9.72. The van der Waals surface area contributed by atoms with Gasteiger partial charge in [-0.05, 0) is 45.1 Å². The van der Waals surface area contributed by atoms with Gasteiger partial charge in [-0.2, -0.15) is 0 Å². The molecule has 0 amide bonds. The molecule has 0 spiro atoms. The predicted molar refractivity (Wildman–Crippen MR) is 103 cm³/mol. The van der Waals surface area contributed by atoms with Gasteiger partial charge in [0, 0.05) is 6.42 Å². The minimum absolute atomic E-state index is 0.105. The Labute approximate surface area is 165 Å². The maximum Gasteiger partial charge on any atom is 0.335 e. The molecule has 0 bridgehead atoms. The van der Waals surface area contributed by atoms with Crippen LogP contribution in [0.2, 0.25) is 0 Å². The van der Waals surface area contributed by atoms with E-state index in [4.69, 9.17) is 14.2 Å². The molecule has 0 N–H and O–H groups in total. The van der Waals surface area contributed by atoms with Crippen molar-refractivity contribution in [3.63, 3.8) is 0 Å². The van der Waals surface area contributed by atoms with E-state index in [2.05, 4.69) is 6.58 Å². The summed E-state index contributed by atoms with van der Waals surface area (Å²) in [6.45, 7) is 7.78. The molecular formula is C22H28O6. The summed E-state index contributed by atoms with van der Waals surface area (Å²) >= 11 is 0. The van der Waals surface area contributed by atoms with Crippen LogP contribution in [0.1, 0.15) is 45.1 Å². The Morgan fingerprint density at radius 1 is 1.14 bits per heavy atom. The monoisotopic (exact) mass is 388 g/mol.